The second kappa shape index (κ2) is 2.63. The molecule has 0 radical (unpaired) electrons. The Balaban J connectivity index is 2.74. The topological polar surface area (TPSA) is 28.7 Å². The normalized spacial score (nSPS) is 10.8. The average Bonchev–Trinajstić information content (AvgIpc) is 2.49. The maximum atomic E-state index is 4.48. The number of aromatic nitrogens is 2. The van der Waals surface area contributed by atoms with Gasteiger partial charge in [0.15, 0.2) is 0 Å². The maximum Gasteiger partial charge on any atom is 0.106 e. The van der Waals surface area contributed by atoms with E-state index in [9.17, 15) is 0 Å². The number of para-hydroxylation sites is 1. The molecule has 2 rings (SSSR count). The maximum absolute atomic E-state index is 4.48. The van der Waals surface area contributed by atoms with Crippen LogP contribution in [-0.2, 0) is 6.42 Å². The lowest BCUT2D eigenvalue weighted by Crippen LogP contribution is -1.80. The summed E-state index contributed by atoms with van der Waals surface area (Å²) in [5.74, 6) is 1.07. The van der Waals surface area contributed by atoms with Crippen molar-refractivity contribution in [3.8, 4) is 0 Å². The summed E-state index contributed by atoms with van der Waals surface area (Å²) < 4.78 is 0. The number of fused-ring (bicyclic) bond motifs is 1. The molecule has 0 saturated heterocycles. The van der Waals surface area contributed by atoms with Crippen molar-refractivity contribution in [3.05, 3.63) is 29.6 Å². The van der Waals surface area contributed by atoms with Gasteiger partial charge in [0, 0.05) is 6.42 Å². The van der Waals surface area contributed by atoms with Crippen LogP contribution in [0.4, 0.5) is 0 Å². The molecule has 1 aromatic carbocycles. The lowest BCUT2D eigenvalue weighted by molar-refractivity contribution is 1.000. The molecule has 0 fully saturated rings. The Hall–Kier alpha value is -1.31. The molecule has 0 aliphatic rings. The second-order valence-corrected chi connectivity index (χ2v) is 3.01. The Morgan fingerprint density at radius 2 is 2.25 bits per heavy atom. The molecule has 62 valence electrons. The molecule has 0 saturated carbocycles. The first-order valence-electron chi connectivity index (χ1n) is 4.25. The number of benzene rings is 1. The SMILES string of the molecule is CCc1nc2c(C)cccc2[nH]1. The van der Waals surface area contributed by atoms with Crippen LogP contribution in [-0.4, -0.2) is 9.97 Å². The first-order valence-corrected chi connectivity index (χ1v) is 4.25. The van der Waals surface area contributed by atoms with Gasteiger partial charge in [-0.1, -0.05) is 19.1 Å². The minimum absolute atomic E-state index is 0.966. The van der Waals surface area contributed by atoms with Crippen molar-refractivity contribution >= 4 is 11.0 Å². The number of rotatable bonds is 1. The van der Waals surface area contributed by atoms with Crippen LogP contribution in [0.1, 0.15) is 18.3 Å². The van der Waals surface area contributed by atoms with Crippen LogP contribution in [0.15, 0.2) is 18.2 Å². The standard InChI is InChI=1S/C10H12N2/c1-3-9-11-8-6-4-5-7(2)10(8)12-9/h4-6H,3H2,1-2H3,(H,11,12). The van der Waals surface area contributed by atoms with Crippen molar-refractivity contribution in [2.45, 2.75) is 20.3 Å². The van der Waals surface area contributed by atoms with Gasteiger partial charge in [-0.3, -0.25) is 0 Å². The minimum atomic E-state index is 0.966. The van der Waals surface area contributed by atoms with Crippen molar-refractivity contribution in [1.82, 2.24) is 9.97 Å². The third kappa shape index (κ3) is 0.998. The van der Waals surface area contributed by atoms with Crippen LogP contribution in [0, 0.1) is 6.92 Å². The summed E-state index contributed by atoms with van der Waals surface area (Å²) in [6, 6.07) is 6.20. The van der Waals surface area contributed by atoms with Gasteiger partial charge >= 0.3 is 0 Å². The van der Waals surface area contributed by atoms with E-state index in [1.165, 1.54) is 5.56 Å². The van der Waals surface area contributed by atoms with Gasteiger partial charge in [0.25, 0.3) is 0 Å². The summed E-state index contributed by atoms with van der Waals surface area (Å²) in [6.07, 6.45) is 0.966. The van der Waals surface area contributed by atoms with Gasteiger partial charge in [0.05, 0.1) is 11.0 Å². The van der Waals surface area contributed by atoms with Gasteiger partial charge in [-0.25, -0.2) is 4.98 Å². The molecule has 0 aliphatic heterocycles. The van der Waals surface area contributed by atoms with Gasteiger partial charge in [0.2, 0.25) is 0 Å². The predicted molar refractivity (Wildman–Crippen MR) is 50.2 cm³/mol. The molecule has 2 aromatic rings. The minimum Gasteiger partial charge on any atom is -0.342 e. The molecule has 1 heterocycles. The number of nitrogens with one attached hydrogen (secondary N) is 1. The predicted octanol–water partition coefficient (Wildman–Crippen LogP) is 2.43. The van der Waals surface area contributed by atoms with Crippen LogP contribution in [0.2, 0.25) is 0 Å². The van der Waals surface area contributed by atoms with E-state index in [1.807, 2.05) is 0 Å². The van der Waals surface area contributed by atoms with Gasteiger partial charge in [-0.2, -0.15) is 0 Å². The van der Waals surface area contributed by atoms with Crippen LogP contribution >= 0.6 is 0 Å². The van der Waals surface area contributed by atoms with E-state index in [2.05, 4.69) is 42.0 Å². The Bertz CT molecular complexity index is 401. The molecule has 0 amide bonds. The van der Waals surface area contributed by atoms with Crippen molar-refractivity contribution in [2.75, 3.05) is 0 Å². The third-order valence-corrected chi connectivity index (χ3v) is 2.10. The number of hydrogen-bond acceptors (Lipinski definition) is 1. The molecule has 12 heavy (non-hydrogen) atoms. The summed E-state index contributed by atoms with van der Waals surface area (Å²) in [7, 11) is 0. The quantitative estimate of drug-likeness (QED) is 0.682. The fourth-order valence-corrected chi connectivity index (χ4v) is 1.39. The fourth-order valence-electron chi connectivity index (χ4n) is 1.39. The molecular formula is C10H12N2. The van der Waals surface area contributed by atoms with Gasteiger partial charge in [-0.15, -0.1) is 0 Å². The molecule has 0 atom stereocenters. The van der Waals surface area contributed by atoms with Gasteiger partial charge in [-0.05, 0) is 18.6 Å². The number of hydrogen-bond donors (Lipinski definition) is 1. The third-order valence-electron chi connectivity index (χ3n) is 2.10. The average molecular weight is 160 g/mol. The Morgan fingerprint density at radius 3 is 2.92 bits per heavy atom. The molecule has 2 nitrogen and oxygen atoms in total. The Kier molecular flexibility index (Phi) is 1.61. The van der Waals surface area contributed by atoms with Crippen molar-refractivity contribution in [3.63, 3.8) is 0 Å². The second-order valence-electron chi connectivity index (χ2n) is 3.01. The van der Waals surface area contributed by atoms with E-state index in [1.54, 1.807) is 0 Å². The highest BCUT2D eigenvalue weighted by atomic mass is 14.9. The molecule has 0 aliphatic carbocycles. The van der Waals surface area contributed by atoms with E-state index in [4.69, 9.17) is 0 Å². The first-order chi connectivity index (χ1) is 5.81. The fraction of sp³-hybridized carbons (Fsp3) is 0.300. The smallest absolute Gasteiger partial charge is 0.106 e. The number of aryl methyl sites for hydroxylation is 2. The molecule has 2 heteroatoms. The van der Waals surface area contributed by atoms with Crippen molar-refractivity contribution in [2.24, 2.45) is 0 Å². The van der Waals surface area contributed by atoms with E-state index < -0.39 is 0 Å². The summed E-state index contributed by atoms with van der Waals surface area (Å²) in [5.41, 5.74) is 3.49. The van der Waals surface area contributed by atoms with Gasteiger partial charge < -0.3 is 4.98 Å². The summed E-state index contributed by atoms with van der Waals surface area (Å²) >= 11 is 0. The molecule has 1 aromatic heterocycles. The monoisotopic (exact) mass is 160 g/mol. The first kappa shape index (κ1) is 7.35. The molecule has 0 unspecified atom stereocenters. The van der Waals surface area contributed by atoms with Crippen LogP contribution in [0.25, 0.3) is 11.0 Å². The number of H-pyrrole nitrogens is 1. The van der Waals surface area contributed by atoms with Crippen molar-refractivity contribution < 1.29 is 0 Å². The zero-order chi connectivity index (χ0) is 8.55. The zero-order valence-corrected chi connectivity index (χ0v) is 7.39. The highest BCUT2D eigenvalue weighted by Gasteiger charge is 2.01. The molecular weight excluding hydrogens is 148 g/mol. The molecule has 0 spiro atoms. The lowest BCUT2D eigenvalue weighted by atomic mass is 10.2. The zero-order valence-electron chi connectivity index (χ0n) is 7.39. The molecule has 1 N–H and O–H groups in total. The summed E-state index contributed by atoms with van der Waals surface area (Å²) in [6.45, 7) is 4.19. The summed E-state index contributed by atoms with van der Waals surface area (Å²) in [4.78, 5) is 7.75. The van der Waals surface area contributed by atoms with E-state index in [-0.39, 0.29) is 0 Å². The van der Waals surface area contributed by atoms with E-state index in [0.29, 0.717) is 0 Å². The van der Waals surface area contributed by atoms with Crippen LogP contribution < -0.4 is 0 Å². The van der Waals surface area contributed by atoms with Crippen LogP contribution in [0.5, 0.6) is 0 Å². The largest absolute Gasteiger partial charge is 0.342 e. The van der Waals surface area contributed by atoms with Crippen LogP contribution in [0.3, 0.4) is 0 Å². The number of imidazole rings is 1. The lowest BCUT2D eigenvalue weighted by Gasteiger charge is -1.90. The number of aromatic amines is 1. The molecule has 0 bridgehead atoms. The highest BCUT2D eigenvalue weighted by molar-refractivity contribution is 5.78. The summed E-state index contributed by atoms with van der Waals surface area (Å²) in [5, 5.41) is 0. The van der Waals surface area contributed by atoms with E-state index in [0.717, 1.165) is 23.3 Å². The Morgan fingerprint density at radius 1 is 1.42 bits per heavy atom. The van der Waals surface area contributed by atoms with Crippen molar-refractivity contribution in [1.29, 1.82) is 0 Å². The number of nitrogens with zero attached hydrogens (tertiary/aromatic N) is 1. The Labute approximate surface area is 71.6 Å². The van der Waals surface area contributed by atoms with Gasteiger partial charge in [0.1, 0.15) is 5.82 Å². The van der Waals surface area contributed by atoms with E-state index >= 15 is 0 Å². The highest BCUT2D eigenvalue weighted by Crippen LogP contribution is 2.15.